The highest BCUT2D eigenvalue weighted by atomic mass is 31.1. The van der Waals surface area contributed by atoms with Gasteiger partial charge in [-0.1, -0.05) is 11.0 Å². The van der Waals surface area contributed by atoms with Gasteiger partial charge in [0.25, 0.3) is 0 Å². The molecule has 1 saturated carbocycles. The van der Waals surface area contributed by atoms with E-state index in [0.29, 0.717) is 12.8 Å². The van der Waals surface area contributed by atoms with Crippen molar-refractivity contribution < 1.29 is 14.6 Å². The first-order valence-corrected chi connectivity index (χ1v) is 4.78. The predicted molar refractivity (Wildman–Crippen MR) is 35.9 cm³/mol. The molecule has 0 saturated heterocycles. The molecule has 0 bridgehead atoms. The Bertz CT molecular complexity index is 137. The molecule has 10 heavy (non-hydrogen) atoms. The van der Waals surface area contributed by atoms with Gasteiger partial charge in [-0.05, 0) is 19.3 Å². The monoisotopic (exact) mass is 162 g/mol. The lowest BCUT2D eigenvalue weighted by molar-refractivity contribution is -0.168. The highest BCUT2D eigenvalue weighted by Gasteiger charge is 2.32. The second-order valence-corrected chi connectivity index (χ2v) is 3.94. The van der Waals surface area contributed by atoms with Gasteiger partial charge in [0, 0.05) is 0 Å². The van der Waals surface area contributed by atoms with Crippen molar-refractivity contribution in [3.63, 3.8) is 0 Å². The standard InChI is InChI=1S/C6H11O3P/c7-5-3-1-2-4-6(5)10(8)9/h5-7H,1-4H2. The average molecular weight is 162 g/mol. The van der Waals surface area contributed by atoms with E-state index in [1.807, 2.05) is 0 Å². The fourth-order valence-corrected chi connectivity index (χ4v) is 2.16. The summed E-state index contributed by atoms with van der Waals surface area (Å²) in [6.45, 7) is 0. The molecule has 1 N–H and O–H groups in total. The minimum Gasteiger partial charge on any atom is -0.595 e. The lowest BCUT2D eigenvalue weighted by atomic mass is 9.97. The summed E-state index contributed by atoms with van der Waals surface area (Å²) in [7, 11) is -2.41. The molecule has 0 radical (unpaired) electrons. The predicted octanol–water partition coefficient (Wildman–Crippen LogP) is 0.393. The van der Waals surface area contributed by atoms with Gasteiger partial charge in [-0.15, -0.1) is 0 Å². The van der Waals surface area contributed by atoms with Gasteiger partial charge in [0.2, 0.25) is 0 Å². The van der Waals surface area contributed by atoms with Gasteiger partial charge < -0.3 is 10.00 Å². The SMILES string of the molecule is O=[P+]([O-])C1CCCCC1O. The lowest BCUT2D eigenvalue weighted by Crippen LogP contribution is -2.28. The third-order valence-electron chi connectivity index (χ3n) is 1.96. The molecule has 0 amide bonds. The third kappa shape index (κ3) is 1.75. The number of hydrogen-bond donors (Lipinski definition) is 1. The molecule has 0 aromatic carbocycles. The van der Waals surface area contributed by atoms with Crippen molar-refractivity contribution in [3.8, 4) is 0 Å². The van der Waals surface area contributed by atoms with E-state index in [0.717, 1.165) is 12.8 Å². The first kappa shape index (κ1) is 8.12. The summed E-state index contributed by atoms with van der Waals surface area (Å²) in [5.41, 5.74) is -0.469. The van der Waals surface area contributed by atoms with Crippen molar-refractivity contribution in [2.75, 3.05) is 0 Å². The van der Waals surface area contributed by atoms with Crippen LogP contribution in [0.4, 0.5) is 0 Å². The largest absolute Gasteiger partial charge is 0.595 e. The smallest absolute Gasteiger partial charge is 0.314 e. The van der Waals surface area contributed by atoms with E-state index in [9.17, 15) is 9.46 Å². The fraction of sp³-hybridized carbons (Fsp3) is 1.00. The van der Waals surface area contributed by atoms with E-state index in [2.05, 4.69) is 0 Å². The molecule has 3 unspecified atom stereocenters. The van der Waals surface area contributed by atoms with Crippen molar-refractivity contribution in [2.24, 2.45) is 0 Å². The molecule has 1 rings (SSSR count). The van der Waals surface area contributed by atoms with Crippen molar-refractivity contribution in [1.82, 2.24) is 0 Å². The zero-order chi connectivity index (χ0) is 7.56. The van der Waals surface area contributed by atoms with E-state index >= 15 is 0 Å². The Balaban J connectivity index is 2.47. The Kier molecular flexibility index (Phi) is 2.78. The normalized spacial score (nSPS) is 35.6. The Hall–Kier alpha value is 0.0200. The van der Waals surface area contributed by atoms with Crippen molar-refractivity contribution in [1.29, 1.82) is 0 Å². The van der Waals surface area contributed by atoms with Crippen LogP contribution in [0.15, 0.2) is 0 Å². The van der Waals surface area contributed by atoms with Gasteiger partial charge in [-0.25, -0.2) is 0 Å². The van der Waals surface area contributed by atoms with Crippen molar-refractivity contribution >= 4 is 8.03 Å². The molecule has 4 heteroatoms. The zero-order valence-corrected chi connectivity index (χ0v) is 6.59. The van der Waals surface area contributed by atoms with E-state index < -0.39 is 19.8 Å². The van der Waals surface area contributed by atoms with Crippen molar-refractivity contribution in [2.45, 2.75) is 37.4 Å². The molecule has 0 heterocycles. The summed E-state index contributed by atoms with van der Waals surface area (Å²) >= 11 is 0. The summed E-state index contributed by atoms with van der Waals surface area (Å²) in [6, 6.07) is 0. The van der Waals surface area contributed by atoms with Crippen LogP contribution in [0.5, 0.6) is 0 Å². The Labute approximate surface area is 60.9 Å². The molecular weight excluding hydrogens is 151 g/mol. The van der Waals surface area contributed by atoms with Crippen molar-refractivity contribution in [3.05, 3.63) is 0 Å². The topological polar surface area (TPSA) is 60.4 Å². The summed E-state index contributed by atoms with van der Waals surface area (Å²) in [4.78, 5) is 10.4. The van der Waals surface area contributed by atoms with Gasteiger partial charge in [0.15, 0.2) is 5.66 Å². The zero-order valence-electron chi connectivity index (χ0n) is 5.69. The highest BCUT2D eigenvalue weighted by molar-refractivity contribution is 7.37. The fourth-order valence-electron chi connectivity index (χ4n) is 1.34. The van der Waals surface area contributed by atoms with Crippen LogP contribution in [-0.2, 0) is 4.57 Å². The molecule has 1 fully saturated rings. The second-order valence-electron chi connectivity index (χ2n) is 2.70. The number of hydrogen-bond acceptors (Lipinski definition) is 3. The van der Waals surface area contributed by atoms with E-state index in [4.69, 9.17) is 5.11 Å². The number of rotatable bonds is 1. The van der Waals surface area contributed by atoms with Crippen LogP contribution in [0.1, 0.15) is 25.7 Å². The van der Waals surface area contributed by atoms with Gasteiger partial charge in [0.1, 0.15) is 6.10 Å². The third-order valence-corrected chi connectivity index (χ3v) is 3.11. The summed E-state index contributed by atoms with van der Waals surface area (Å²) in [6.07, 6.45) is 2.58. The molecular formula is C6H11O3P. The van der Waals surface area contributed by atoms with Crippen LogP contribution in [0.25, 0.3) is 0 Å². The van der Waals surface area contributed by atoms with Crippen LogP contribution in [-0.4, -0.2) is 16.9 Å². The summed E-state index contributed by atoms with van der Waals surface area (Å²) < 4.78 is 10.4. The summed E-state index contributed by atoms with van der Waals surface area (Å²) in [5.74, 6) is 0. The maximum absolute atomic E-state index is 10.4. The second kappa shape index (κ2) is 3.42. The highest BCUT2D eigenvalue weighted by Crippen LogP contribution is 2.32. The van der Waals surface area contributed by atoms with Crippen LogP contribution < -0.4 is 4.89 Å². The molecule has 3 nitrogen and oxygen atoms in total. The van der Waals surface area contributed by atoms with Gasteiger partial charge in [0.05, 0.1) is 0 Å². The minimum absolute atomic E-state index is 0.469. The Morgan fingerprint density at radius 1 is 1.40 bits per heavy atom. The molecule has 1 aliphatic rings. The molecule has 1 aliphatic carbocycles. The van der Waals surface area contributed by atoms with Crippen LogP contribution in [0.2, 0.25) is 0 Å². The maximum atomic E-state index is 10.4. The van der Waals surface area contributed by atoms with E-state index in [-0.39, 0.29) is 0 Å². The molecule has 0 aromatic rings. The van der Waals surface area contributed by atoms with Gasteiger partial charge >= 0.3 is 8.03 Å². The van der Waals surface area contributed by atoms with E-state index in [1.165, 1.54) is 0 Å². The average Bonchev–Trinajstić information content (AvgIpc) is 1.88. The maximum Gasteiger partial charge on any atom is 0.314 e. The molecule has 0 aromatic heterocycles. The van der Waals surface area contributed by atoms with Gasteiger partial charge in [-0.2, -0.15) is 0 Å². The lowest BCUT2D eigenvalue weighted by Gasteiger charge is -2.20. The van der Waals surface area contributed by atoms with Crippen LogP contribution >= 0.6 is 8.03 Å². The summed E-state index contributed by atoms with van der Waals surface area (Å²) in [5, 5.41) is 9.16. The Morgan fingerprint density at radius 2 is 2.00 bits per heavy atom. The van der Waals surface area contributed by atoms with Gasteiger partial charge in [-0.3, -0.25) is 0 Å². The van der Waals surface area contributed by atoms with E-state index in [1.54, 1.807) is 0 Å². The molecule has 0 spiro atoms. The molecule has 3 atom stereocenters. The molecule has 0 aliphatic heterocycles. The minimum atomic E-state index is -2.41. The number of aliphatic hydroxyl groups is 1. The van der Waals surface area contributed by atoms with Crippen LogP contribution in [0, 0.1) is 0 Å². The Morgan fingerprint density at radius 3 is 2.40 bits per heavy atom. The molecule has 58 valence electrons. The first-order chi connectivity index (χ1) is 4.72. The first-order valence-electron chi connectivity index (χ1n) is 3.53. The van der Waals surface area contributed by atoms with Crippen LogP contribution in [0.3, 0.4) is 0 Å². The quantitative estimate of drug-likeness (QED) is 0.567. The number of aliphatic hydroxyl groups excluding tert-OH is 1.